The quantitative estimate of drug-likeness (QED) is 0.662. The SMILES string of the molecule is NS(=O)(=O)c1cccc(NC(=O)c2cc(I)ccc2Br)c1. The van der Waals surface area contributed by atoms with Crippen LogP contribution in [0.25, 0.3) is 0 Å². The summed E-state index contributed by atoms with van der Waals surface area (Å²) in [5.74, 6) is -0.341. The Balaban J connectivity index is 2.30. The van der Waals surface area contributed by atoms with Gasteiger partial charge in [0.15, 0.2) is 0 Å². The van der Waals surface area contributed by atoms with Gasteiger partial charge >= 0.3 is 0 Å². The molecule has 2 aromatic carbocycles. The molecular weight excluding hydrogens is 471 g/mol. The molecule has 2 aromatic rings. The first-order valence-corrected chi connectivity index (χ1v) is 9.08. The summed E-state index contributed by atoms with van der Waals surface area (Å²) < 4.78 is 24.2. The van der Waals surface area contributed by atoms with Gasteiger partial charge < -0.3 is 5.32 Å². The van der Waals surface area contributed by atoms with Crippen LogP contribution in [0.4, 0.5) is 5.69 Å². The van der Waals surface area contributed by atoms with E-state index < -0.39 is 10.0 Å². The molecule has 0 aliphatic rings. The highest BCUT2D eigenvalue weighted by Gasteiger charge is 2.13. The lowest BCUT2D eigenvalue weighted by Gasteiger charge is -2.08. The van der Waals surface area contributed by atoms with Crippen molar-refractivity contribution in [3.63, 3.8) is 0 Å². The first kappa shape index (κ1) is 16.4. The van der Waals surface area contributed by atoms with E-state index in [1.54, 1.807) is 18.2 Å². The molecule has 0 saturated heterocycles. The number of amides is 1. The standard InChI is InChI=1S/C13H10BrIN2O3S/c14-12-5-4-8(15)6-11(12)13(18)17-9-2-1-3-10(7-9)21(16,19)20/h1-7H,(H,17,18)(H2,16,19,20). The highest BCUT2D eigenvalue weighted by atomic mass is 127. The number of benzene rings is 2. The molecule has 0 unspecified atom stereocenters. The smallest absolute Gasteiger partial charge is 0.256 e. The average Bonchev–Trinajstić information content (AvgIpc) is 2.41. The van der Waals surface area contributed by atoms with Crippen molar-refractivity contribution in [2.45, 2.75) is 4.90 Å². The summed E-state index contributed by atoms with van der Waals surface area (Å²) in [5.41, 5.74) is 0.820. The molecule has 1 amide bonds. The van der Waals surface area contributed by atoms with Crippen molar-refractivity contribution in [1.82, 2.24) is 0 Å². The second-order valence-electron chi connectivity index (χ2n) is 4.15. The number of hydrogen-bond donors (Lipinski definition) is 2. The number of hydrogen-bond acceptors (Lipinski definition) is 3. The van der Waals surface area contributed by atoms with E-state index in [2.05, 4.69) is 43.8 Å². The van der Waals surface area contributed by atoms with Crippen LogP contribution in [0.5, 0.6) is 0 Å². The fourth-order valence-electron chi connectivity index (χ4n) is 1.62. The number of anilines is 1. The van der Waals surface area contributed by atoms with Crippen molar-refractivity contribution < 1.29 is 13.2 Å². The molecule has 0 bridgehead atoms. The molecule has 0 radical (unpaired) electrons. The van der Waals surface area contributed by atoms with Crippen molar-refractivity contribution in [3.8, 4) is 0 Å². The lowest BCUT2D eigenvalue weighted by atomic mass is 10.2. The summed E-state index contributed by atoms with van der Waals surface area (Å²) in [6, 6.07) is 11.2. The zero-order chi connectivity index (χ0) is 15.6. The van der Waals surface area contributed by atoms with Gasteiger partial charge in [0, 0.05) is 13.7 Å². The van der Waals surface area contributed by atoms with Crippen molar-refractivity contribution in [1.29, 1.82) is 0 Å². The van der Waals surface area contributed by atoms with Crippen LogP contribution in [0.2, 0.25) is 0 Å². The molecule has 0 aliphatic heterocycles. The molecule has 0 aliphatic carbocycles. The van der Waals surface area contributed by atoms with Crippen LogP contribution >= 0.6 is 38.5 Å². The summed E-state index contributed by atoms with van der Waals surface area (Å²) in [4.78, 5) is 12.2. The van der Waals surface area contributed by atoms with Gasteiger partial charge in [0.2, 0.25) is 10.0 Å². The van der Waals surface area contributed by atoms with Gasteiger partial charge in [0.05, 0.1) is 10.5 Å². The van der Waals surface area contributed by atoms with E-state index in [4.69, 9.17) is 5.14 Å². The summed E-state index contributed by atoms with van der Waals surface area (Å²) in [6.07, 6.45) is 0. The summed E-state index contributed by atoms with van der Waals surface area (Å²) in [5, 5.41) is 7.71. The molecule has 8 heteroatoms. The van der Waals surface area contributed by atoms with Gasteiger partial charge in [-0.3, -0.25) is 4.79 Å². The van der Waals surface area contributed by atoms with Gasteiger partial charge in [-0.05, 0) is 74.9 Å². The lowest BCUT2D eigenvalue weighted by Crippen LogP contribution is -2.15. The topological polar surface area (TPSA) is 89.3 Å². The zero-order valence-corrected chi connectivity index (χ0v) is 15.1. The van der Waals surface area contributed by atoms with Gasteiger partial charge in [-0.25, -0.2) is 13.6 Å². The average molecular weight is 481 g/mol. The predicted octanol–water partition coefficient (Wildman–Crippen LogP) is 2.95. The Morgan fingerprint density at radius 2 is 1.90 bits per heavy atom. The Morgan fingerprint density at radius 1 is 1.19 bits per heavy atom. The van der Waals surface area contributed by atoms with Gasteiger partial charge in [-0.1, -0.05) is 6.07 Å². The Morgan fingerprint density at radius 3 is 2.57 bits per heavy atom. The van der Waals surface area contributed by atoms with Gasteiger partial charge in [0.1, 0.15) is 0 Å². The number of carbonyl (C=O) groups excluding carboxylic acids is 1. The van der Waals surface area contributed by atoms with Gasteiger partial charge in [0.25, 0.3) is 5.91 Å². The molecule has 0 heterocycles. The minimum atomic E-state index is -3.80. The molecule has 5 nitrogen and oxygen atoms in total. The molecule has 0 fully saturated rings. The van der Waals surface area contributed by atoms with Crippen LogP contribution in [0.3, 0.4) is 0 Å². The van der Waals surface area contributed by atoms with Crippen LogP contribution in [0, 0.1) is 3.57 Å². The molecule has 0 atom stereocenters. The van der Waals surface area contributed by atoms with Crippen LogP contribution in [0.1, 0.15) is 10.4 Å². The largest absolute Gasteiger partial charge is 0.322 e. The van der Waals surface area contributed by atoms with Crippen LogP contribution in [-0.4, -0.2) is 14.3 Å². The maximum atomic E-state index is 12.2. The molecule has 110 valence electrons. The van der Waals surface area contributed by atoms with Crippen molar-refractivity contribution >= 4 is 60.1 Å². The third kappa shape index (κ3) is 4.25. The first-order chi connectivity index (χ1) is 9.77. The molecule has 0 spiro atoms. The summed E-state index contributed by atoms with van der Waals surface area (Å²) in [6.45, 7) is 0. The van der Waals surface area contributed by atoms with E-state index in [9.17, 15) is 13.2 Å². The fourth-order valence-corrected chi connectivity index (χ4v) is 3.10. The maximum Gasteiger partial charge on any atom is 0.256 e. The van der Waals surface area contributed by atoms with E-state index in [-0.39, 0.29) is 10.8 Å². The van der Waals surface area contributed by atoms with Crippen LogP contribution in [-0.2, 0) is 10.0 Å². The number of sulfonamides is 1. The number of nitrogens with two attached hydrogens (primary N) is 1. The first-order valence-electron chi connectivity index (χ1n) is 5.66. The van der Waals surface area contributed by atoms with Crippen molar-refractivity contribution in [3.05, 3.63) is 56.1 Å². The van der Waals surface area contributed by atoms with E-state index >= 15 is 0 Å². The van der Waals surface area contributed by atoms with Crippen LogP contribution in [0.15, 0.2) is 51.8 Å². The minimum Gasteiger partial charge on any atom is -0.322 e. The zero-order valence-electron chi connectivity index (χ0n) is 10.5. The number of nitrogens with one attached hydrogen (secondary N) is 1. The second-order valence-corrected chi connectivity index (χ2v) is 7.81. The second kappa shape index (κ2) is 6.42. The van der Waals surface area contributed by atoms with Crippen molar-refractivity contribution in [2.75, 3.05) is 5.32 Å². The highest BCUT2D eigenvalue weighted by molar-refractivity contribution is 14.1. The molecule has 0 saturated carbocycles. The lowest BCUT2D eigenvalue weighted by molar-refractivity contribution is 0.102. The fraction of sp³-hybridized carbons (Fsp3) is 0. The highest BCUT2D eigenvalue weighted by Crippen LogP contribution is 2.21. The Hall–Kier alpha value is -0.970. The number of rotatable bonds is 3. The van der Waals surface area contributed by atoms with Gasteiger partial charge in [-0.2, -0.15) is 0 Å². The molecule has 2 rings (SSSR count). The molecular formula is C13H10BrIN2O3S. The third-order valence-electron chi connectivity index (χ3n) is 2.59. The number of primary sulfonamides is 1. The van der Waals surface area contributed by atoms with E-state index in [0.29, 0.717) is 15.7 Å². The molecule has 0 aromatic heterocycles. The monoisotopic (exact) mass is 480 g/mol. The Labute approximate surface area is 144 Å². The number of halogens is 2. The summed E-state index contributed by atoms with van der Waals surface area (Å²) >= 11 is 5.42. The number of carbonyl (C=O) groups is 1. The predicted molar refractivity (Wildman–Crippen MR) is 92.6 cm³/mol. The Kier molecular flexibility index (Phi) is 5.02. The minimum absolute atomic E-state index is 0.0537. The Bertz CT molecular complexity index is 809. The van der Waals surface area contributed by atoms with E-state index in [1.807, 2.05) is 6.07 Å². The maximum absolute atomic E-state index is 12.2. The normalized spacial score (nSPS) is 11.2. The van der Waals surface area contributed by atoms with Crippen LogP contribution < -0.4 is 10.5 Å². The molecule has 21 heavy (non-hydrogen) atoms. The third-order valence-corrected chi connectivity index (χ3v) is 4.87. The summed E-state index contributed by atoms with van der Waals surface area (Å²) in [7, 11) is -3.80. The van der Waals surface area contributed by atoms with E-state index in [0.717, 1.165) is 3.57 Å². The molecule has 3 N–H and O–H groups in total. The van der Waals surface area contributed by atoms with Crippen molar-refractivity contribution in [2.24, 2.45) is 5.14 Å². The van der Waals surface area contributed by atoms with E-state index in [1.165, 1.54) is 18.2 Å². The van der Waals surface area contributed by atoms with Gasteiger partial charge in [-0.15, -0.1) is 0 Å².